The fourth-order valence-corrected chi connectivity index (χ4v) is 3.52. The van der Waals surface area contributed by atoms with Crippen LogP contribution in [-0.4, -0.2) is 19.1 Å². The van der Waals surface area contributed by atoms with Crippen molar-refractivity contribution in [2.24, 2.45) is 5.73 Å². The predicted molar refractivity (Wildman–Crippen MR) is 99.5 cm³/mol. The molecule has 2 atom stereocenters. The van der Waals surface area contributed by atoms with Crippen molar-refractivity contribution in [3.8, 4) is 0 Å². The number of piperidine rings is 1. The fraction of sp³-hybridized carbons (Fsp3) is 0.400. The van der Waals surface area contributed by atoms with E-state index in [0.717, 1.165) is 24.5 Å². The van der Waals surface area contributed by atoms with Crippen LogP contribution >= 0.6 is 11.6 Å². The highest BCUT2D eigenvalue weighted by molar-refractivity contribution is 6.30. The molecule has 1 aliphatic heterocycles. The Morgan fingerprint density at radius 2 is 1.65 bits per heavy atom. The van der Waals surface area contributed by atoms with Crippen molar-refractivity contribution in [3.05, 3.63) is 64.7 Å². The highest BCUT2D eigenvalue weighted by Crippen LogP contribution is 2.31. The van der Waals surface area contributed by atoms with Crippen LogP contribution in [0.3, 0.4) is 0 Å². The highest BCUT2D eigenvalue weighted by Gasteiger charge is 2.26. The van der Waals surface area contributed by atoms with Crippen LogP contribution in [0, 0.1) is 0 Å². The zero-order valence-corrected chi connectivity index (χ0v) is 14.6. The zero-order valence-electron chi connectivity index (χ0n) is 13.9. The molecule has 3 heteroatoms. The van der Waals surface area contributed by atoms with Gasteiger partial charge in [-0.05, 0) is 47.7 Å². The minimum Gasteiger partial charge on any atom is -0.369 e. The molecule has 1 heterocycles. The minimum atomic E-state index is 0.203. The first kappa shape index (κ1) is 16.4. The summed E-state index contributed by atoms with van der Waals surface area (Å²) in [7, 11) is 0. The molecule has 1 saturated heterocycles. The largest absolute Gasteiger partial charge is 0.369 e. The predicted octanol–water partition coefficient (Wildman–Crippen LogP) is 4.78. The van der Waals surface area contributed by atoms with E-state index in [0.29, 0.717) is 11.8 Å². The Labute approximate surface area is 144 Å². The molecule has 1 fully saturated rings. The molecule has 0 bridgehead atoms. The Kier molecular flexibility index (Phi) is 4.93. The summed E-state index contributed by atoms with van der Waals surface area (Å²) < 4.78 is 0. The van der Waals surface area contributed by atoms with Gasteiger partial charge in [0.25, 0.3) is 0 Å². The summed E-state index contributed by atoms with van der Waals surface area (Å²) in [6, 6.07) is 17.3. The van der Waals surface area contributed by atoms with Crippen LogP contribution in [0.25, 0.3) is 0 Å². The zero-order chi connectivity index (χ0) is 16.4. The number of nitrogens with two attached hydrogens (primary N) is 1. The maximum absolute atomic E-state index is 6.33. The summed E-state index contributed by atoms with van der Waals surface area (Å²) in [5.74, 6) is 1.05. The topological polar surface area (TPSA) is 29.3 Å². The normalized spacial score (nSPS) is 21.7. The van der Waals surface area contributed by atoms with Crippen LogP contribution in [0.15, 0.2) is 48.5 Å². The van der Waals surface area contributed by atoms with E-state index in [1.165, 1.54) is 16.8 Å². The highest BCUT2D eigenvalue weighted by atomic mass is 35.5. The molecule has 0 amide bonds. The van der Waals surface area contributed by atoms with Crippen molar-refractivity contribution < 1.29 is 0 Å². The van der Waals surface area contributed by atoms with E-state index in [1.54, 1.807) is 0 Å². The second-order valence-corrected chi connectivity index (χ2v) is 7.33. The quantitative estimate of drug-likeness (QED) is 0.878. The standard InChI is InChI=1S/C20H25ClN2/c1-14(2)15-3-5-16(6-4-15)17-11-19(22)13-23(12-17)20-9-7-18(21)8-10-20/h3-10,14,17,19H,11-13,22H2,1-2H3. The van der Waals surface area contributed by atoms with Gasteiger partial charge in [0.05, 0.1) is 0 Å². The average Bonchev–Trinajstić information content (AvgIpc) is 2.55. The Morgan fingerprint density at radius 1 is 1.00 bits per heavy atom. The Hall–Kier alpha value is -1.51. The van der Waals surface area contributed by atoms with Gasteiger partial charge in [-0.1, -0.05) is 49.7 Å². The Balaban J connectivity index is 1.78. The van der Waals surface area contributed by atoms with Gasteiger partial charge < -0.3 is 10.6 Å². The van der Waals surface area contributed by atoms with Gasteiger partial charge >= 0.3 is 0 Å². The molecular weight excluding hydrogens is 304 g/mol. The lowest BCUT2D eigenvalue weighted by Gasteiger charge is -2.38. The molecule has 2 aromatic rings. The first-order chi connectivity index (χ1) is 11.0. The van der Waals surface area contributed by atoms with Gasteiger partial charge in [0, 0.05) is 35.8 Å². The molecule has 122 valence electrons. The van der Waals surface area contributed by atoms with Gasteiger partial charge in [0.1, 0.15) is 0 Å². The molecule has 0 aliphatic carbocycles. The number of rotatable bonds is 3. The number of halogens is 1. The summed E-state index contributed by atoms with van der Waals surface area (Å²) in [5, 5.41) is 0.774. The summed E-state index contributed by atoms with van der Waals surface area (Å²) >= 11 is 6.00. The first-order valence-electron chi connectivity index (χ1n) is 8.39. The summed E-state index contributed by atoms with van der Waals surface area (Å²) in [4.78, 5) is 2.38. The van der Waals surface area contributed by atoms with Gasteiger partial charge in [0.15, 0.2) is 0 Å². The van der Waals surface area contributed by atoms with Gasteiger partial charge in [0.2, 0.25) is 0 Å². The van der Waals surface area contributed by atoms with Gasteiger partial charge in [-0.15, -0.1) is 0 Å². The third-order valence-corrected chi connectivity index (χ3v) is 5.00. The van der Waals surface area contributed by atoms with Crippen molar-refractivity contribution in [2.45, 2.75) is 38.1 Å². The number of anilines is 1. The molecule has 3 rings (SSSR count). The van der Waals surface area contributed by atoms with Gasteiger partial charge in [-0.25, -0.2) is 0 Å². The summed E-state index contributed by atoms with van der Waals surface area (Å²) in [6.45, 7) is 6.38. The molecule has 2 nitrogen and oxygen atoms in total. The minimum absolute atomic E-state index is 0.203. The van der Waals surface area contributed by atoms with E-state index >= 15 is 0 Å². The number of hydrogen-bond donors (Lipinski definition) is 1. The molecule has 2 aromatic carbocycles. The third kappa shape index (κ3) is 3.88. The van der Waals surface area contributed by atoms with Crippen molar-refractivity contribution in [1.29, 1.82) is 0 Å². The molecule has 23 heavy (non-hydrogen) atoms. The third-order valence-electron chi connectivity index (χ3n) is 4.75. The van der Waals surface area contributed by atoms with Crippen LogP contribution in [0.4, 0.5) is 5.69 Å². The molecule has 2 N–H and O–H groups in total. The molecule has 0 saturated carbocycles. The monoisotopic (exact) mass is 328 g/mol. The van der Waals surface area contributed by atoms with E-state index in [4.69, 9.17) is 17.3 Å². The fourth-order valence-electron chi connectivity index (χ4n) is 3.40. The van der Waals surface area contributed by atoms with Crippen LogP contribution in [-0.2, 0) is 0 Å². The van der Waals surface area contributed by atoms with Crippen molar-refractivity contribution in [2.75, 3.05) is 18.0 Å². The van der Waals surface area contributed by atoms with Crippen molar-refractivity contribution >= 4 is 17.3 Å². The number of benzene rings is 2. The SMILES string of the molecule is CC(C)c1ccc(C2CC(N)CN(c3ccc(Cl)cc3)C2)cc1. The van der Waals surface area contributed by atoms with Crippen LogP contribution < -0.4 is 10.6 Å². The molecule has 0 aromatic heterocycles. The van der Waals surface area contributed by atoms with Gasteiger partial charge in [-0.3, -0.25) is 0 Å². The van der Waals surface area contributed by atoms with Crippen molar-refractivity contribution in [1.82, 2.24) is 0 Å². The molecule has 1 aliphatic rings. The van der Waals surface area contributed by atoms with Crippen LogP contribution in [0.2, 0.25) is 5.02 Å². The lowest BCUT2D eigenvalue weighted by atomic mass is 9.87. The summed E-state index contributed by atoms with van der Waals surface area (Å²) in [5.41, 5.74) is 10.3. The van der Waals surface area contributed by atoms with E-state index < -0.39 is 0 Å². The summed E-state index contributed by atoms with van der Waals surface area (Å²) in [6.07, 6.45) is 1.05. The van der Waals surface area contributed by atoms with E-state index in [9.17, 15) is 0 Å². The Morgan fingerprint density at radius 3 is 2.26 bits per heavy atom. The lowest BCUT2D eigenvalue weighted by molar-refractivity contribution is 0.454. The van der Waals surface area contributed by atoms with E-state index in [2.05, 4.69) is 55.1 Å². The number of hydrogen-bond acceptors (Lipinski definition) is 2. The first-order valence-corrected chi connectivity index (χ1v) is 8.76. The number of nitrogens with zero attached hydrogens (tertiary/aromatic N) is 1. The second kappa shape index (κ2) is 6.94. The second-order valence-electron chi connectivity index (χ2n) is 6.90. The van der Waals surface area contributed by atoms with Crippen LogP contribution in [0.5, 0.6) is 0 Å². The molecule has 0 radical (unpaired) electrons. The maximum atomic E-state index is 6.33. The average molecular weight is 329 g/mol. The van der Waals surface area contributed by atoms with E-state index in [-0.39, 0.29) is 6.04 Å². The molecule has 2 unspecified atom stereocenters. The molecule has 0 spiro atoms. The van der Waals surface area contributed by atoms with Crippen LogP contribution in [0.1, 0.15) is 43.2 Å². The lowest BCUT2D eigenvalue weighted by Crippen LogP contribution is -2.46. The van der Waals surface area contributed by atoms with E-state index in [1.807, 2.05) is 12.1 Å². The Bertz CT molecular complexity index is 634. The van der Waals surface area contributed by atoms with Gasteiger partial charge in [-0.2, -0.15) is 0 Å². The smallest absolute Gasteiger partial charge is 0.0407 e. The molecular formula is C20H25ClN2. The van der Waals surface area contributed by atoms with Crippen molar-refractivity contribution in [3.63, 3.8) is 0 Å². The maximum Gasteiger partial charge on any atom is 0.0407 e.